The SMILES string of the molecule is O=C1/C(=C/c2ccc([N+](=O)[O-])cc2)SC(=S)N1c1cccc(F)c1. The molecule has 1 aliphatic heterocycles. The normalized spacial score (nSPS) is 16.0. The van der Waals surface area contributed by atoms with Gasteiger partial charge < -0.3 is 0 Å². The van der Waals surface area contributed by atoms with Gasteiger partial charge >= 0.3 is 0 Å². The number of benzene rings is 2. The monoisotopic (exact) mass is 360 g/mol. The molecule has 1 saturated heterocycles. The van der Waals surface area contributed by atoms with Crippen molar-refractivity contribution in [3.63, 3.8) is 0 Å². The predicted octanol–water partition coefficient (Wildman–Crippen LogP) is 4.14. The smallest absolute Gasteiger partial charge is 0.268 e. The fraction of sp³-hybridized carbons (Fsp3) is 0. The predicted molar refractivity (Wildman–Crippen MR) is 95.1 cm³/mol. The fourth-order valence-electron chi connectivity index (χ4n) is 2.15. The molecular formula is C16H9FN2O3S2. The summed E-state index contributed by atoms with van der Waals surface area (Å²) in [6.45, 7) is 0. The van der Waals surface area contributed by atoms with Crippen molar-refractivity contribution in [1.29, 1.82) is 0 Å². The van der Waals surface area contributed by atoms with Crippen LogP contribution in [0.3, 0.4) is 0 Å². The Balaban J connectivity index is 1.89. The molecule has 0 atom stereocenters. The van der Waals surface area contributed by atoms with Crippen LogP contribution in [-0.2, 0) is 4.79 Å². The van der Waals surface area contributed by atoms with Gasteiger partial charge in [-0.3, -0.25) is 19.8 Å². The van der Waals surface area contributed by atoms with Gasteiger partial charge in [0.25, 0.3) is 11.6 Å². The summed E-state index contributed by atoms with van der Waals surface area (Å²) >= 11 is 6.31. The lowest BCUT2D eigenvalue weighted by molar-refractivity contribution is -0.384. The highest BCUT2D eigenvalue weighted by molar-refractivity contribution is 8.27. The van der Waals surface area contributed by atoms with Gasteiger partial charge in [-0.15, -0.1) is 0 Å². The number of nitrogens with zero attached hydrogens (tertiary/aromatic N) is 2. The van der Waals surface area contributed by atoms with Gasteiger partial charge in [-0.05, 0) is 42.0 Å². The molecule has 5 nitrogen and oxygen atoms in total. The van der Waals surface area contributed by atoms with Crippen LogP contribution in [0.15, 0.2) is 53.4 Å². The molecule has 2 aromatic rings. The molecule has 0 aromatic heterocycles. The van der Waals surface area contributed by atoms with Crippen LogP contribution in [0.4, 0.5) is 15.8 Å². The van der Waals surface area contributed by atoms with E-state index < -0.39 is 10.7 Å². The van der Waals surface area contributed by atoms with Crippen LogP contribution in [0.2, 0.25) is 0 Å². The molecule has 0 radical (unpaired) electrons. The molecule has 24 heavy (non-hydrogen) atoms. The maximum absolute atomic E-state index is 13.4. The number of halogens is 1. The Labute approximate surface area is 145 Å². The van der Waals surface area contributed by atoms with Crippen molar-refractivity contribution in [2.75, 3.05) is 4.90 Å². The summed E-state index contributed by atoms with van der Waals surface area (Å²) in [5.41, 5.74) is 0.976. The van der Waals surface area contributed by atoms with E-state index in [1.165, 1.54) is 35.2 Å². The number of thioether (sulfide) groups is 1. The minimum atomic E-state index is -0.493. The molecule has 120 valence electrons. The van der Waals surface area contributed by atoms with Crippen LogP contribution in [0.25, 0.3) is 6.08 Å². The Morgan fingerprint density at radius 2 is 1.92 bits per heavy atom. The second-order valence-corrected chi connectivity index (χ2v) is 6.52. The van der Waals surface area contributed by atoms with Crippen molar-refractivity contribution < 1.29 is 14.1 Å². The Kier molecular flexibility index (Phi) is 4.41. The average Bonchev–Trinajstić information content (AvgIpc) is 2.82. The zero-order chi connectivity index (χ0) is 17.3. The van der Waals surface area contributed by atoms with Gasteiger partial charge in [0.2, 0.25) is 0 Å². The second kappa shape index (κ2) is 6.50. The number of hydrogen-bond acceptors (Lipinski definition) is 5. The Morgan fingerprint density at radius 3 is 2.54 bits per heavy atom. The lowest BCUT2D eigenvalue weighted by atomic mass is 10.2. The first-order chi connectivity index (χ1) is 11.5. The van der Waals surface area contributed by atoms with Gasteiger partial charge in [0.15, 0.2) is 4.32 Å². The minimum absolute atomic E-state index is 0.0283. The standard InChI is InChI=1S/C16H9FN2O3S2/c17-11-2-1-3-13(9-11)18-15(20)14(24-16(18)23)8-10-4-6-12(7-5-10)19(21)22/h1-9H/b14-8-. The van der Waals surface area contributed by atoms with Crippen LogP contribution >= 0.6 is 24.0 Å². The summed E-state index contributed by atoms with van der Waals surface area (Å²) in [5, 5.41) is 10.7. The largest absolute Gasteiger partial charge is 0.270 e. The molecule has 8 heteroatoms. The van der Waals surface area contributed by atoms with Gasteiger partial charge in [-0.1, -0.05) is 30.0 Å². The molecule has 1 fully saturated rings. The number of hydrogen-bond donors (Lipinski definition) is 0. The lowest BCUT2D eigenvalue weighted by Gasteiger charge is -2.14. The molecule has 0 N–H and O–H groups in total. The maximum Gasteiger partial charge on any atom is 0.270 e. The first-order valence-electron chi connectivity index (χ1n) is 6.74. The summed E-state index contributed by atoms with van der Waals surface area (Å²) in [6, 6.07) is 11.4. The zero-order valence-electron chi connectivity index (χ0n) is 12.0. The number of carbonyl (C=O) groups excluding carboxylic acids is 1. The highest BCUT2D eigenvalue weighted by Gasteiger charge is 2.33. The van der Waals surface area contributed by atoms with Crippen LogP contribution in [0.5, 0.6) is 0 Å². The zero-order valence-corrected chi connectivity index (χ0v) is 13.6. The van der Waals surface area contributed by atoms with Gasteiger partial charge in [-0.25, -0.2) is 4.39 Å². The van der Waals surface area contributed by atoms with E-state index >= 15 is 0 Å². The van der Waals surface area contributed by atoms with E-state index in [4.69, 9.17) is 12.2 Å². The third kappa shape index (κ3) is 3.19. The lowest BCUT2D eigenvalue weighted by Crippen LogP contribution is -2.27. The molecule has 0 spiro atoms. The second-order valence-electron chi connectivity index (χ2n) is 4.85. The van der Waals surface area contributed by atoms with Crippen molar-refractivity contribution in [3.05, 3.63) is 74.9 Å². The van der Waals surface area contributed by atoms with E-state index in [0.717, 1.165) is 11.8 Å². The molecule has 0 bridgehead atoms. The van der Waals surface area contributed by atoms with Crippen LogP contribution in [0, 0.1) is 15.9 Å². The van der Waals surface area contributed by atoms with Crippen LogP contribution in [-0.4, -0.2) is 15.2 Å². The Hall–Kier alpha value is -2.58. The van der Waals surface area contributed by atoms with Crippen molar-refractivity contribution in [3.8, 4) is 0 Å². The molecule has 1 heterocycles. The van der Waals surface area contributed by atoms with Crippen molar-refractivity contribution in [2.24, 2.45) is 0 Å². The number of rotatable bonds is 3. The van der Waals surface area contributed by atoms with E-state index in [9.17, 15) is 19.3 Å². The quantitative estimate of drug-likeness (QED) is 0.356. The number of anilines is 1. The molecule has 2 aromatic carbocycles. The highest BCUT2D eigenvalue weighted by Crippen LogP contribution is 2.36. The number of carbonyl (C=O) groups is 1. The number of thiocarbonyl (C=S) groups is 1. The third-order valence-corrected chi connectivity index (χ3v) is 4.56. The summed E-state index contributed by atoms with van der Waals surface area (Å²) < 4.78 is 13.7. The van der Waals surface area contributed by atoms with Gasteiger partial charge in [0.05, 0.1) is 15.5 Å². The minimum Gasteiger partial charge on any atom is -0.268 e. The van der Waals surface area contributed by atoms with Gasteiger partial charge in [0, 0.05) is 12.1 Å². The molecule has 1 amide bonds. The Bertz CT molecular complexity index is 881. The summed E-state index contributed by atoms with van der Waals surface area (Å²) in [5.74, 6) is -0.810. The highest BCUT2D eigenvalue weighted by atomic mass is 32.2. The molecular weight excluding hydrogens is 351 g/mol. The summed E-state index contributed by atoms with van der Waals surface area (Å²) in [6.07, 6.45) is 1.60. The Morgan fingerprint density at radius 1 is 1.21 bits per heavy atom. The van der Waals surface area contributed by atoms with Crippen molar-refractivity contribution in [1.82, 2.24) is 0 Å². The number of nitro groups is 1. The third-order valence-electron chi connectivity index (χ3n) is 3.26. The number of nitro benzene ring substituents is 1. The van der Waals surface area contributed by atoms with Crippen molar-refractivity contribution >= 4 is 51.7 Å². The molecule has 3 rings (SSSR count). The summed E-state index contributed by atoms with van der Waals surface area (Å²) in [7, 11) is 0. The fourth-order valence-corrected chi connectivity index (χ4v) is 3.45. The molecule has 0 aliphatic carbocycles. The molecule has 0 unspecified atom stereocenters. The summed E-state index contributed by atoms with van der Waals surface area (Å²) in [4.78, 5) is 24.3. The van der Waals surface area contributed by atoms with E-state index in [0.29, 0.717) is 20.5 Å². The van der Waals surface area contributed by atoms with E-state index in [1.807, 2.05) is 0 Å². The van der Waals surface area contributed by atoms with E-state index in [1.54, 1.807) is 24.3 Å². The molecule has 1 aliphatic rings. The average molecular weight is 360 g/mol. The van der Waals surface area contributed by atoms with Gasteiger partial charge in [0.1, 0.15) is 5.82 Å². The first kappa shape index (κ1) is 16.3. The van der Waals surface area contributed by atoms with Crippen molar-refractivity contribution in [2.45, 2.75) is 0 Å². The maximum atomic E-state index is 13.4. The molecule has 0 saturated carbocycles. The van der Waals surface area contributed by atoms with Gasteiger partial charge in [-0.2, -0.15) is 0 Å². The topological polar surface area (TPSA) is 63.4 Å². The van der Waals surface area contributed by atoms with Crippen LogP contribution < -0.4 is 4.90 Å². The van der Waals surface area contributed by atoms with E-state index in [2.05, 4.69) is 0 Å². The van der Waals surface area contributed by atoms with Crippen LogP contribution in [0.1, 0.15) is 5.56 Å². The number of amides is 1. The number of non-ortho nitro benzene ring substituents is 1. The van der Waals surface area contributed by atoms with E-state index in [-0.39, 0.29) is 11.6 Å². The first-order valence-corrected chi connectivity index (χ1v) is 7.96.